The van der Waals surface area contributed by atoms with Gasteiger partial charge in [-0.2, -0.15) is 26.3 Å². The minimum absolute atomic E-state index is 0.194. The molecule has 0 amide bonds. The molecule has 0 bridgehead atoms. The van der Waals surface area contributed by atoms with Crippen LogP contribution in [0.5, 0.6) is 0 Å². The molecule has 0 radical (unpaired) electrons. The van der Waals surface area contributed by atoms with E-state index in [-0.39, 0.29) is 12.1 Å². The standard InChI is InChI=1S/C10H14F6Si/c11-9(12,13)7-5-17(3-1-2-4-17)6-8(7)10(14,15)16/h7-8H,1-6H2. The summed E-state index contributed by atoms with van der Waals surface area (Å²) >= 11 is 0. The van der Waals surface area contributed by atoms with Gasteiger partial charge in [-0.25, -0.2) is 0 Å². The Morgan fingerprint density at radius 3 is 1.35 bits per heavy atom. The predicted octanol–water partition coefficient (Wildman–Crippen LogP) is 4.60. The van der Waals surface area contributed by atoms with E-state index in [1.165, 1.54) is 0 Å². The highest BCUT2D eigenvalue weighted by Crippen LogP contribution is 2.58. The van der Waals surface area contributed by atoms with Crippen LogP contribution >= 0.6 is 0 Å². The first-order chi connectivity index (χ1) is 7.64. The van der Waals surface area contributed by atoms with E-state index < -0.39 is 32.3 Å². The molecule has 17 heavy (non-hydrogen) atoms. The fourth-order valence-electron chi connectivity index (χ4n) is 3.52. The lowest BCUT2D eigenvalue weighted by Crippen LogP contribution is -2.34. The van der Waals surface area contributed by atoms with Gasteiger partial charge >= 0.3 is 12.4 Å². The van der Waals surface area contributed by atoms with Gasteiger partial charge in [-0.1, -0.05) is 24.9 Å². The molecular formula is C10H14F6Si. The van der Waals surface area contributed by atoms with Gasteiger partial charge in [-0.05, 0) is 12.1 Å². The lowest BCUT2D eigenvalue weighted by Gasteiger charge is -2.24. The van der Waals surface area contributed by atoms with Crippen LogP contribution in [0.4, 0.5) is 26.3 Å². The number of halogens is 6. The summed E-state index contributed by atoms with van der Waals surface area (Å²) in [6.07, 6.45) is -7.75. The van der Waals surface area contributed by atoms with Crippen LogP contribution < -0.4 is 0 Å². The van der Waals surface area contributed by atoms with E-state index in [4.69, 9.17) is 0 Å². The molecule has 1 spiro atoms. The Kier molecular flexibility index (Phi) is 3.03. The summed E-state index contributed by atoms with van der Waals surface area (Å²) in [4.78, 5) is 0. The average Bonchev–Trinajstić information content (AvgIpc) is 2.72. The molecule has 2 rings (SSSR count). The summed E-state index contributed by atoms with van der Waals surface area (Å²) in [6.45, 7) is 0. The second-order valence-corrected chi connectivity index (χ2v) is 10.2. The molecule has 2 saturated heterocycles. The van der Waals surface area contributed by atoms with Crippen LogP contribution in [0.3, 0.4) is 0 Å². The highest BCUT2D eigenvalue weighted by atomic mass is 28.3. The zero-order valence-corrected chi connectivity index (χ0v) is 10.2. The number of hydrogen-bond acceptors (Lipinski definition) is 0. The van der Waals surface area contributed by atoms with E-state index in [0.717, 1.165) is 12.8 Å². The van der Waals surface area contributed by atoms with Crippen molar-refractivity contribution in [2.75, 3.05) is 0 Å². The van der Waals surface area contributed by atoms with Crippen LogP contribution in [0.15, 0.2) is 0 Å². The van der Waals surface area contributed by atoms with Crippen LogP contribution in [0.25, 0.3) is 0 Å². The Labute approximate surface area is 96.4 Å². The first kappa shape index (κ1) is 13.2. The van der Waals surface area contributed by atoms with Gasteiger partial charge in [0.2, 0.25) is 0 Å². The maximum Gasteiger partial charge on any atom is 0.392 e. The molecule has 2 aliphatic heterocycles. The van der Waals surface area contributed by atoms with Gasteiger partial charge in [0.15, 0.2) is 0 Å². The lowest BCUT2D eigenvalue weighted by molar-refractivity contribution is -0.240. The zero-order chi connectivity index (χ0) is 12.9. The van der Waals surface area contributed by atoms with Crippen molar-refractivity contribution in [1.29, 1.82) is 0 Å². The third kappa shape index (κ3) is 2.48. The van der Waals surface area contributed by atoms with Crippen molar-refractivity contribution in [3.63, 3.8) is 0 Å². The highest BCUT2D eigenvalue weighted by Gasteiger charge is 2.63. The van der Waals surface area contributed by atoms with Gasteiger partial charge in [-0.3, -0.25) is 0 Å². The molecule has 7 heteroatoms. The second kappa shape index (κ2) is 3.90. The zero-order valence-electron chi connectivity index (χ0n) is 9.17. The van der Waals surface area contributed by atoms with Crippen molar-refractivity contribution in [3.8, 4) is 0 Å². The lowest BCUT2D eigenvalue weighted by atomic mass is 9.95. The molecular weight excluding hydrogens is 262 g/mol. The first-order valence-corrected chi connectivity index (χ1v) is 8.60. The molecule has 2 heterocycles. The normalized spacial score (nSPS) is 33.5. The molecule has 2 fully saturated rings. The quantitative estimate of drug-likeness (QED) is 0.448. The number of alkyl halides is 6. The van der Waals surface area contributed by atoms with Crippen molar-refractivity contribution >= 4 is 8.07 Å². The van der Waals surface area contributed by atoms with Crippen LogP contribution in [0.1, 0.15) is 12.8 Å². The fourth-order valence-corrected chi connectivity index (χ4v) is 9.65. The van der Waals surface area contributed by atoms with E-state index in [1.807, 2.05) is 0 Å². The van der Waals surface area contributed by atoms with E-state index in [9.17, 15) is 26.3 Å². The Morgan fingerprint density at radius 1 is 0.706 bits per heavy atom. The molecule has 0 aromatic rings. The molecule has 2 atom stereocenters. The van der Waals surface area contributed by atoms with Crippen molar-refractivity contribution in [1.82, 2.24) is 0 Å². The van der Waals surface area contributed by atoms with E-state index in [2.05, 4.69) is 0 Å². The van der Waals surface area contributed by atoms with Crippen molar-refractivity contribution in [3.05, 3.63) is 0 Å². The average molecular weight is 276 g/mol. The van der Waals surface area contributed by atoms with Gasteiger partial charge < -0.3 is 0 Å². The van der Waals surface area contributed by atoms with Crippen molar-refractivity contribution < 1.29 is 26.3 Å². The van der Waals surface area contributed by atoms with Crippen LogP contribution in [0.2, 0.25) is 24.2 Å². The summed E-state index contributed by atoms with van der Waals surface area (Å²) in [5.74, 6) is -4.26. The monoisotopic (exact) mass is 276 g/mol. The minimum Gasteiger partial charge on any atom is -0.171 e. The molecule has 100 valence electrons. The third-order valence-corrected chi connectivity index (χ3v) is 9.74. The predicted molar refractivity (Wildman–Crippen MR) is 53.3 cm³/mol. The van der Waals surface area contributed by atoms with Gasteiger partial charge in [0.05, 0.1) is 19.9 Å². The molecule has 0 aromatic heterocycles. The summed E-state index contributed by atoms with van der Waals surface area (Å²) < 4.78 is 76.2. The summed E-state index contributed by atoms with van der Waals surface area (Å²) in [7, 11) is -2.25. The van der Waals surface area contributed by atoms with E-state index in [0.29, 0.717) is 12.1 Å². The first-order valence-electron chi connectivity index (χ1n) is 5.78. The van der Waals surface area contributed by atoms with Crippen LogP contribution in [-0.4, -0.2) is 20.4 Å². The SMILES string of the molecule is FC(F)(F)C1C[Si]2(CCCC2)CC1C(F)(F)F. The van der Waals surface area contributed by atoms with Crippen LogP contribution in [0, 0.1) is 11.8 Å². The highest BCUT2D eigenvalue weighted by molar-refractivity contribution is 6.81. The molecule has 0 aromatic carbocycles. The topological polar surface area (TPSA) is 0 Å². The Bertz CT molecular complexity index is 264. The van der Waals surface area contributed by atoms with Crippen molar-refractivity contribution in [2.45, 2.75) is 49.4 Å². The van der Waals surface area contributed by atoms with Gasteiger partial charge in [0, 0.05) is 0 Å². The minimum atomic E-state index is -4.70. The number of rotatable bonds is 0. The van der Waals surface area contributed by atoms with E-state index in [1.54, 1.807) is 0 Å². The van der Waals surface area contributed by atoms with E-state index >= 15 is 0 Å². The van der Waals surface area contributed by atoms with Gasteiger partial charge in [-0.15, -0.1) is 0 Å². The second-order valence-electron chi connectivity index (χ2n) is 5.41. The Morgan fingerprint density at radius 2 is 1.06 bits per heavy atom. The fraction of sp³-hybridized carbons (Fsp3) is 1.00. The Balaban J connectivity index is 2.24. The van der Waals surface area contributed by atoms with Gasteiger partial charge in [0.1, 0.15) is 0 Å². The summed E-state index contributed by atoms with van der Waals surface area (Å²) in [6, 6.07) is 0.930. The largest absolute Gasteiger partial charge is 0.392 e. The van der Waals surface area contributed by atoms with Gasteiger partial charge in [0.25, 0.3) is 0 Å². The molecule has 2 aliphatic rings. The molecule has 0 aliphatic carbocycles. The van der Waals surface area contributed by atoms with Crippen molar-refractivity contribution in [2.24, 2.45) is 11.8 Å². The molecule has 0 nitrogen and oxygen atoms in total. The maximum absolute atomic E-state index is 12.7. The molecule has 2 unspecified atom stereocenters. The number of hydrogen-bond donors (Lipinski definition) is 0. The third-order valence-electron chi connectivity index (χ3n) is 4.30. The summed E-state index contributed by atoms with van der Waals surface area (Å²) in [5.41, 5.74) is 0. The maximum atomic E-state index is 12.7. The smallest absolute Gasteiger partial charge is 0.171 e. The Hall–Kier alpha value is -0.203. The molecule has 0 N–H and O–H groups in total. The molecule has 0 saturated carbocycles. The summed E-state index contributed by atoms with van der Waals surface area (Å²) in [5, 5.41) is 0. The van der Waals surface area contributed by atoms with Crippen LogP contribution in [-0.2, 0) is 0 Å².